The molecule has 0 radical (unpaired) electrons. The van der Waals surface area contributed by atoms with Crippen LogP contribution in [0.2, 0.25) is 5.02 Å². The van der Waals surface area contributed by atoms with Gasteiger partial charge < -0.3 is 10.2 Å². The fourth-order valence-corrected chi connectivity index (χ4v) is 5.76. The summed E-state index contributed by atoms with van der Waals surface area (Å²) in [5, 5.41) is 3.27. The minimum absolute atomic E-state index is 0.0484. The van der Waals surface area contributed by atoms with Crippen LogP contribution in [0.4, 0.5) is 5.69 Å². The van der Waals surface area contributed by atoms with Gasteiger partial charge in [-0.3, -0.25) is 13.9 Å². The van der Waals surface area contributed by atoms with E-state index >= 15 is 0 Å². The molecule has 2 amide bonds. The van der Waals surface area contributed by atoms with Crippen molar-refractivity contribution in [3.63, 3.8) is 0 Å². The van der Waals surface area contributed by atoms with Gasteiger partial charge in [0.05, 0.1) is 10.6 Å². The molecule has 0 saturated carbocycles. The number of benzene rings is 3. The minimum Gasteiger partial charge on any atom is -0.354 e. The quantitative estimate of drug-likeness (QED) is 0.313. The van der Waals surface area contributed by atoms with E-state index < -0.39 is 28.5 Å². The predicted molar refractivity (Wildman–Crippen MR) is 156 cm³/mol. The summed E-state index contributed by atoms with van der Waals surface area (Å²) in [6.07, 6.45) is 1.13. The summed E-state index contributed by atoms with van der Waals surface area (Å²) >= 11 is 6.37. The lowest BCUT2D eigenvalue weighted by Crippen LogP contribution is -2.52. The zero-order valence-electron chi connectivity index (χ0n) is 22.9. The van der Waals surface area contributed by atoms with Crippen molar-refractivity contribution in [2.45, 2.75) is 58.0 Å². The maximum Gasteiger partial charge on any atom is 0.264 e. The minimum atomic E-state index is -4.13. The van der Waals surface area contributed by atoms with Gasteiger partial charge in [0.1, 0.15) is 12.6 Å². The molecular formula is C30H36ClN3O4S. The third-order valence-electron chi connectivity index (χ3n) is 6.46. The molecule has 0 bridgehead atoms. The Labute approximate surface area is 236 Å². The Morgan fingerprint density at radius 2 is 1.62 bits per heavy atom. The Morgan fingerprint density at radius 1 is 0.949 bits per heavy atom. The summed E-state index contributed by atoms with van der Waals surface area (Å²) < 4.78 is 28.7. The van der Waals surface area contributed by atoms with E-state index in [0.717, 1.165) is 27.4 Å². The second-order valence-electron chi connectivity index (χ2n) is 9.48. The Morgan fingerprint density at radius 3 is 2.21 bits per heavy atom. The highest BCUT2D eigenvalue weighted by Gasteiger charge is 2.33. The highest BCUT2D eigenvalue weighted by Crippen LogP contribution is 2.28. The van der Waals surface area contributed by atoms with Crippen LogP contribution in [-0.4, -0.2) is 44.3 Å². The molecule has 1 N–H and O–H groups in total. The van der Waals surface area contributed by atoms with Crippen molar-refractivity contribution in [1.29, 1.82) is 0 Å². The molecule has 7 nitrogen and oxygen atoms in total. The fraction of sp³-hybridized carbons (Fsp3) is 0.333. The van der Waals surface area contributed by atoms with Crippen LogP contribution >= 0.6 is 11.6 Å². The van der Waals surface area contributed by atoms with Gasteiger partial charge in [-0.15, -0.1) is 0 Å². The lowest BCUT2D eigenvalue weighted by molar-refractivity contribution is -0.140. The number of anilines is 1. The molecule has 1 unspecified atom stereocenters. The molecular weight excluding hydrogens is 534 g/mol. The highest BCUT2D eigenvalue weighted by molar-refractivity contribution is 7.92. The lowest BCUT2D eigenvalue weighted by Gasteiger charge is -2.33. The first-order chi connectivity index (χ1) is 18.6. The Kier molecular flexibility index (Phi) is 10.5. The summed E-state index contributed by atoms with van der Waals surface area (Å²) in [6.45, 7) is 7.72. The van der Waals surface area contributed by atoms with Crippen molar-refractivity contribution in [3.05, 3.63) is 94.5 Å². The molecule has 208 valence electrons. The Bertz CT molecular complexity index is 1380. The number of sulfonamides is 1. The van der Waals surface area contributed by atoms with Crippen LogP contribution in [-0.2, 0) is 26.2 Å². The Hall–Kier alpha value is -3.36. The van der Waals surface area contributed by atoms with Crippen LogP contribution in [0.25, 0.3) is 0 Å². The number of hydrogen-bond donors (Lipinski definition) is 1. The second kappa shape index (κ2) is 13.6. The van der Waals surface area contributed by atoms with E-state index in [9.17, 15) is 18.0 Å². The Balaban J connectivity index is 2.06. The highest BCUT2D eigenvalue weighted by atomic mass is 35.5. The van der Waals surface area contributed by atoms with Crippen molar-refractivity contribution in [2.75, 3.05) is 17.4 Å². The van der Waals surface area contributed by atoms with Gasteiger partial charge >= 0.3 is 0 Å². The van der Waals surface area contributed by atoms with Gasteiger partial charge in [0.2, 0.25) is 11.8 Å². The van der Waals surface area contributed by atoms with Crippen molar-refractivity contribution < 1.29 is 18.0 Å². The largest absolute Gasteiger partial charge is 0.354 e. The summed E-state index contributed by atoms with van der Waals surface area (Å²) in [7, 11) is -4.13. The van der Waals surface area contributed by atoms with Crippen molar-refractivity contribution >= 4 is 39.1 Å². The number of aryl methyl sites for hydroxylation is 2. The number of carbonyl (C=O) groups is 2. The molecule has 0 spiro atoms. The molecule has 3 aromatic carbocycles. The van der Waals surface area contributed by atoms with Gasteiger partial charge in [-0.05, 0) is 62.1 Å². The number of hydrogen-bond acceptors (Lipinski definition) is 4. The average Bonchev–Trinajstić information content (AvgIpc) is 2.93. The molecule has 9 heteroatoms. The molecule has 0 aromatic heterocycles. The summed E-state index contributed by atoms with van der Waals surface area (Å²) in [5.74, 6) is -0.763. The number of amides is 2. The van der Waals surface area contributed by atoms with E-state index in [0.29, 0.717) is 18.0 Å². The maximum atomic E-state index is 14.0. The van der Waals surface area contributed by atoms with Gasteiger partial charge in [-0.25, -0.2) is 8.42 Å². The molecule has 0 aliphatic heterocycles. The predicted octanol–water partition coefficient (Wildman–Crippen LogP) is 5.49. The molecule has 3 rings (SSSR count). The van der Waals surface area contributed by atoms with Gasteiger partial charge in [-0.2, -0.15) is 0 Å². The zero-order chi connectivity index (χ0) is 28.6. The standard InChI is InChI=1S/C30H36ClN3O4S/c1-5-18-32-30(36)28(6-2)33(20-24-15-12-22(3)13-16-24)29(35)21-34(25-17-14-23(4)27(31)19-25)39(37,38)26-10-8-7-9-11-26/h7-17,19,28H,5-6,18,20-21H2,1-4H3,(H,32,36). The molecule has 0 heterocycles. The first-order valence-corrected chi connectivity index (χ1v) is 14.9. The molecule has 0 aliphatic carbocycles. The number of rotatable bonds is 12. The maximum absolute atomic E-state index is 14.0. The van der Waals surface area contributed by atoms with E-state index in [4.69, 9.17) is 11.6 Å². The number of carbonyl (C=O) groups excluding carboxylic acids is 2. The average molecular weight is 570 g/mol. The van der Waals surface area contributed by atoms with Crippen molar-refractivity contribution in [1.82, 2.24) is 10.2 Å². The molecule has 0 saturated heterocycles. The van der Waals surface area contributed by atoms with E-state index in [1.165, 1.54) is 17.0 Å². The summed E-state index contributed by atoms with van der Waals surface area (Å²) in [6, 6.07) is 19.8. The van der Waals surface area contributed by atoms with Crippen molar-refractivity contribution in [3.8, 4) is 0 Å². The fourth-order valence-electron chi connectivity index (χ4n) is 4.16. The van der Waals surface area contributed by atoms with Crippen LogP contribution < -0.4 is 9.62 Å². The van der Waals surface area contributed by atoms with Gasteiger partial charge in [0, 0.05) is 18.1 Å². The molecule has 39 heavy (non-hydrogen) atoms. The third-order valence-corrected chi connectivity index (χ3v) is 8.66. The van der Waals surface area contributed by atoms with E-state index in [1.807, 2.05) is 52.0 Å². The smallest absolute Gasteiger partial charge is 0.264 e. The third kappa shape index (κ3) is 7.61. The first-order valence-electron chi connectivity index (χ1n) is 13.0. The number of halogens is 1. The molecule has 0 aliphatic rings. The van der Waals surface area contributed by atoms with E-state index in [2.05, 4.69) is 5.32 Å². The van der Waals surface area contributed by atoms with Gasteiger partial charge in [0.15, 0.2) is 0 Å². The topological polar surface area (TPSA) is 86.8 Å². The van der Waals surface area contributed by atoms with Gasteiger partial charge in [0.25, 0.3) is 10.0 Å². The van der Waals surface area contributed by atoms with Crippen LogP contribution in [0, 0.1) is 13.8 Å². The SMILES string of the molecule is CCCNC(=O)C(CC)N(Cc1ccc(C)cc1)C(=O)CN(c1ccc(C)c(Cl)c1)S(=O)(=O)c1ccccc1. The van der Waals surface area contributed by atoms with Crippen LogP contribution in [0.1, 0.15) is 43.4 Å². The normalized spacial score (nSPS) is 12.0. The summed E-state index contributed by atoms with van der Waals surface area (Å²) in [5.41, 5.74) is 2.96. The monoisotopic (exact) mass is 569 g/mol. The van der Waals surface area contributed by atoms with Crippen molar-refractivity contribution in [2.24, 2.45) is 0 Å². The molecule has 0 fully saturated rings. The lowest BCUT2D eigenvalue weighted by atomic mass is 10.1. The van der Waals surface area contributed by atoms with Crippen LogP contribution in [0.15, 0.2) is 77.7 Å². The second-order valence-corrected chi connectivity index (χ2v) is 11.8. The van der Waals surface area contributed by atoms with Crippen LogP contribution in [0.5, 0.6) is 0 Å². The zero-order valence-corrected chi connectivity index (χ0v) is 24.4. The van der Waals surface area contributed by atoms with E-state index in [-0.39, 0.29) is 23.0 Å². The first kappa shape index (κ1) is 30.2. The summed E-state index contributed by atoms with van der Waals surface area (Å²) in [4.78, 5) is 28.7. The molecule has 3 aromatic rings. The number of nitrogens with one attached hydrogen (secondary N) is 1. The van der Waals surface area contributed by atoms with Crippen LogP contribution in [0.3, 0.4) is 0 Å². The van der Waals surface area contributed by atoms with Gasteiger partial charge in [-0.1, -0.05) is 79.5 Å². The number of nitrogens with zero attached hydrogens (tertiary/aromatic N) is 2. The van der Waals surface area contributed by atoms with E-state index in [1.54, 1.807) is 36.4 Å². The molecule has 1 atom stereocenters.